The van der Waals surface area contributed by atoms with Crippen LogP contribution in [0.3, 0.4) is 0 Å². The van der Waals surface area contributed by atoms with E-state index in [0.29, 0.717) is 35.9 Å². The molecule has 3 aromatic rings. The molecule has 9 nitrogen and oxygen atoms in total. The van der Waals surface area contributed by atoms with Crippen molar-refractivity contribution in [1.82, 2.24) is 29.7 Å². The smallest absolute Gasteiger partial charge is 0.410 e. The van der Waals surface area contributed by atoms with Gasteiger partial charge >= 0.3 is 6.09 Å². The van der Waals surface area contributed by atoms with E-state index in [1.165, 1.54) is 0 Å². The molecule has 0 bridgehead atoms. The number of benzene rings is 1. The molecule has 11 heteroatoms. The highest BCUT2D eigenvalue weighted by molar-refractivity contribution is 9.10. The monoisotopic (exact) mass is 602 g/mol. The molecule has 5 rings (SSSR count). The number of rotatable bonds is 3. The zero-order valence-corrected chi connectivity index (χ0v) is 24.3. The first kappa shape index (κ1) is 27.0. The Balaban J connectivity index is 1.27. The number of aromatic nitrogens is 5. The number of nitrogens with zero attached hydrogens (tertiary/aromatic N) is 6. The minimum atomic E-state index is -0.506. The van der Waals surface area contributed by atoms with Gasteiger partial charge in [-0.05, 0) is 86.7 Å². The van der Waals surface area contributed by atoms with E-state index in [2.05, 4.69) is 43.1 Å². The Hall–Kier alpha value is -2.61. The second-order valence-corrected chi connectivity index (χ2v) is 12.1. The number of piperidine rings is 1. The highest BCUT2D eigenvalue weighted by atomic mass is 79.9. The molecule has 2 aliphatic heterocycles. The van der Waals surface area contributed by atoms with Crippen LogP contribution < -0.4 is 0 Å². The van der Waals surface area contributed by atoms with Gasteiger partial charge in [0.2, 0.25) is 0 Å². The summed E-state index contributed by atoms with van der Waals surface area (Å²) in [6.45, 7) is 8.33. The normalized spacial score (nSPS) is 20.3. The van der Waals surface area contributed by atoms with Crippen molar-refractivity contribution >= 4 is 44.5 Å². The summed E-state index contributed by atoms with van der Waals surface area (Å²) in [5.74, 6) is 6.50. The van der Waals surface area contributed by atoms with E-state index in [1.807, 2.05) is 37.7 Å². The summed E-state index contributed by atoms with van der Waals surface area (Å²) in [5, 5.41) is 15.0. The number of amides is 1. The number of likely N-dealkylation sites (tertiary alicyclic amines) is 1. The van der Waals surface area contributed by atoms with Crippen molar-refractivity contribution in [2.75, 3.05) is 19.7 Å². The fourth-order valence-electron chi connectivity index (χ4n) is 4.88. The summed E-state index contributed by atoms with van der Waals surface area (Å²) in [7, 11) is 0. The lowest BCUT2D eigenvalue weighted by Crippen LogP contribution is -2.43. The predicted octanol–water partition coefficient (Wildman–Crippen LogP) is 5.79. The Morgan fingerprint density at radius 3 is 2.82 bits per heavy atom. The molecule has 1 aromatic carbocycles. The molecule has 0 N–H and O–H groups in total. The van der Waals surface area contributed by atoms with E-state index in [0.717, 1.165) is 54.1 Å². The molecule has 1 amide bonds. The number of hydrogen-bond acceptors (Lipinski definition) is 6. The molecular weight excluding hydrogens is 572 g/mol. The third-order valence-electron chi connectivity index (χ3n) is 6.66. The fraction of sp³-hybridized carbons (Fsp3) is 0.556. The molecule has 38 heavy (non-hydrogen) atoms. The van der Waals surface area contributed by atoms with Gasteiger partial charge in [0.25, 0.3) is 0 Å². The average Bonchev–Trinajstić information content (AvgIpc) is 3.50. The van der Waals surface area contributed by atoms with Crippen molar-refractivity contribution in [2.45, 2.75) is 71.2 Å². The molecule has 2 saturated heterocycles. The molecular formula is C27H32BrClN6O3. The number of halogens is 2. The molecule has 0 saturated carbocycles. The first-order chi connectivity index (χ1) is 18.2. The van der Waals surface area contributed by atoms with Crippen molar-refractivity contribution < 1.29 is 14.3 Å². The van der Waals surface area contributed by atoms with Gasteiger partial charge in [-0.2, -0.15) is 15.0 Å². The van der Waals surface area contributed by atoms with Crippen LogP contribution in [0.15, 0.2) is 22.9 Å². The molecule has 0 radical (unpaired) electrons. The molecule has 4 heterocycles. The van der Waals surface area contributed by atoms with Gasteiger partial charge in [0.05, 0.1) is 35.0 Å². The van der Waals surface area contributed by atoms with E-state index in [4.69, 9.17) is 21.1 Å². The summed E-state index contributed by atoms with van der Waals surface area (Å²) in [4.78, 5) is 15.9. The van der Waals surface area contributed by atoms with E-state index < -0.39 is 5.60 Å². The molecule has 2 unspecified atom stereocenters. The van der Waals surface area contributed by atoms with Gasteiger partial charge in [-0.25, -0.2) is 9.48 Å². The Labute approximate surface area is 235 Å². The number of carbonyl (C=O) groups is 1. The van der Waals surface area contributed by atoms with E-state index in [-0.39, 0.29) is 18.2 Å². The van der Waals surface area contributed by atoms with Crippen LogP contribution in [0.4, 0.5) is 4.79 Å². The predicted molar refractivity (Wildman–Crippen MR) is 148 cm³/mol. The lowest BCUT2D eigenvalue weighted by atomic mass is 9.98. The van der Waals surface area contributed by atoms with Gasteiger partial charge in [-0.1, -0.05) is 17.5 Å². The summed E-state index contributed by atoms with van der Waals surface area (Å²) in [6.07, 6.45) is 8.20. The summed E-state index contributed by atoms with van der Waals surface area (Å²) in [5.41, 5.74) is 1.64. The average molecular weight is 604 g/mol. The minimum absolute atomic E-state index is 0.0726. The quantitative estimate of drug-likeness (QED) is 0.352. The van der Waals surface area contributed by atoms with Crippen LogP contribution >= 0.6 is 27.5 Å². The molecule has 2 atom stereocenters. The van der Waals surface area contributed by atoms with Crippen molar-refractivity contribution in [2.24, 2.45) is 5.92 Å². The first-order valence-corrected chi connectivity index (χ1v) is 14.2. The van der Waals surface area contributed by atoms with Crippen molar-refractivity contribution in [3.05, 3.63) is 39.2 Å². The van der Waals surface area contributed by atoms with Gasteiger partial charge in [0, 0.05) is 29.6 Å². The zero-order valence-electron chi connectivity index (χ0n) is 21.9. The number of carbonyl (C=O) groups excluding carboxylic acids is 1. The van der Waals surface area contributed by atoms with Crippen molar-refractivity contribution in [3.8, 4) is 11.8 Å². The van der Waals surface area contributed by atoms with Crippen LogP contribution in [0.5, 0.6) is 0 Å². The lowest BCUT2D eigenvalue weighted by molar-refractivity contribution is -0.0366. The van der Waals surface area contributed by atoms with Gasteiger partial charge in [0.1, 0.15) is 5.60 Å². The topological polar surface area (TPSA) is 87.3 Å². The Morgan fingerprint density at radius 2 is 2.05 bits per heavy atom. The van der Waals surface area contributed by atoms with Gasteiger partial charge in [-0.3, -0.25) is 0 Å². The third-order valence-corrected chi connectivity index (χ3v) is 7.79. The molecule has 0 spiro atoms. The largest absolute Gasteiger partial charge is 0.444 e. The third kappa shape index (κ3) is 6.16. The fourth-order valence-corrected chi connectivity index (χ4v) is 5.86. The second-order valence-electron chi connectivity index (χ2n) is 10.9. The van der Waals surface area contributed by atoms with Crippen LogP contribution in [-0.2, 0) is 16.0 Å². The zero-order chi connectivity index (χ0) is 26.9. The van der Waals surface area contributed by atoms with Crippen LogP contribution in [-0.4, -0.2) is 61.1 Å². The maximum atomic E-state index is 12.5. The lowest BCUT2D eigenvalue weighted by Gasteiger charge is -2.33. The van der Waals surface area contributed by atoms with Crippen molar-refractivity contribution in [3.63, 3.8) is 0 Å². The Bertz CT molecular complexity index is 1380. The first-order valence-electron chi connectivity index (χ1n) is 13.0. The minimum Gasteiger partial charge on any atom is -0.444 e. The molecule has 202 valence electrons. The van der Waals surface area contributed by atoms with Crippen molar-refractivity contribution in [1.29, 1.82) is 0 Å². The highest BCUT2D eigenvalue weighted by Gasteiger charge is 2.28. The van der Waals surface area contributed by atoms with Crippen LogP contribution in [0.2, 0.25) is 5.02 Å². The maximum absolute atomic E-state index is 12.5. The van der Waals surface area contributed by atoms with Crippen LogP contribution in [0.1, 0.15) is 70.4 Å². The summed E-state index contributed by atoms with van der Waals surface area (Å²) < 4.78 is 14.2. The van der Waals surface area contributed by atoms with Gasteiger partial charge in [0.15, 0.2) is 11.9 Å². The summed E-state index contributed by atoms with van der Waals surface area (Å²) in [6, 6.07) is 1.90. The molecule has 0 aliphatic carbocycles. The van der Waals surface area contributed by atoms with E-state index in [9.17, 15) is 4.79 Å². The van der Waals surface area contributed by atoms with E-state index in [1.54, 1.807) is 15.9 Å². The van der Waals surface area contributed by atoms with E-state index >= 15 is 0 Å². The second kappa shape index (κ2) is 11.2. The summed E-state index contributed by atoms with van der Waals surface area (Å²) >= 11 is 10.3. The van der Waals surface area contributed by atoms with Gasteiger partial charge < -0.3 is 14.4 Å². The SMILES string of the molecule is CC(C)(C)OC(=O)N1CCCC(Cn2ncc(C#Cc3c(Cl)cc4c(cnn4C4CCCCO4)c3Br)n2)C1. The van der Waals surface area contributed by atoms with Crippen LogP contribution in [0, 0.1) is 17.8 Å². The standard InChI is InChI=1S/C27H32BrClN6O3/c1-27(2,3)38-26(36)33-11-6-7-18(16-33)17-34-30-14-19(32-34)9-10-20-22(29)13-23-21(25(20)28)15-31-35(23)24-8-4-5-12-37-24/h13-15,18,24H,4-8,11-12,16-17H2,1-3H3. The number of ether oxygens (including phenoxy) is 2. The highest BCUT2D eigenvalue weighted by Crippen LogP contribution is 2.35. The molecule has 2 aliphatic rings. The number of hydrogen-bond donors (Lipinski definition) is 0. The van der Waals surface area contributed by atoms with Gasteiger partial charge in [-0.15, -0.1) is 5.10 Å². The Kier molecular flexibility index (Phi) is 7.98. The molecule has 2 aromatic heterocycles. The number of fused-ring (bicyclic) bond motifs is 1. The van der Waals surface area contributed by atoms with Crippen LogP contribution in [0.25, 0.3) is 10.9 Å². The molecule has 2 fully saturated rings. The maximum Gasteiger partial charge on any atom is 0.410 e. The Morgan fingerprint density at radius 1 is 1.21 bits per heavy atom.